The van der Waals surface area contributed by atoms with E-state index < -0.39 is 41.8 Å². The van der Waals surface area contributed by atoms with Crippen molar-refractivity contribution in [2.24, 2.45) is 11.7 Å². The number of aromatic hydroxyl groups is 1. The molecule has 11 heteroatoms. The summed E-state index contributed by atoms with van der Waals surface area (Å²) in [5, 5.41) is 28.1. The van der Waals surface area contributed by atoms with Gasteiger partial charge >= 0.3 is 5.97 Å². The number of nitrogens with two attached hydrogens (primary N) is 1. The molecule has 0 spiro atoms. The normalized spacial score (nSPS) is 13.5. The molecular formula is C27H33N5O6. The zero-order valence-corrected chi connectivity index (χ0v) is 21.2. The molecule has 3 atom stereocenters. The van der Waals surface area contributed by atoms with Crippen LogP contribution < -0.4 is 21.7 Å². The standard InChI is InChI=1S/C27H33N5O6/c1-15(2)24(32-23(34)13-28)26(36)30-21(11-16-7-9-18(33)10-8-16)25(35)31-22(27(37)38)12-17-14-29-20-6-4-3-5-19(17)20/h3-10,14-15,21-22,24,29,33H,11-13,28H2,1-2H3,(H,30,36)(H,31,35)(H,32,34)(H,37,38). The summed E-state index contributed by atoms with van der Waals surface area (Å²) >= 11 is 0. The van der Waals surface area contributed by atoms with E-state index in [1.54, 1.807) is 32.2 Å². The topological polar surface area (TPSA) is 187 Å². The number of fused-ring (bicyclic) bond motifs is 1. The highest BCUT2D eigenvalue weighted by atomic mass is 16.4. The Labute approximate surface area is 219 Å². The molecule has 3 unspecified atom stereocenters. The highest BCUT2D eigenvalue weighted by Gasteiger charge is 2.31. The van der Waals surface area contributed by atoms with Gasteiger partial charge in [0.15, 0.2) is 0 Å². The minimum Gasteiger partial charge on any atom is -0.508 e. The number of para-hydroxylation sites is 1. The zero-order chi connectivity index (χ0) is 27.8. The van der Waals surface area contributed by atoms with Gasteiger partial charge in [0, 0.05) is 29.9 Å². The summed E-state index contributed by atoms with van der Waals surface area (Å²) in [6, 6.07) is 10.1. The first-order valence-electron chi connectivity index (χ1n) is 12.2. The molecule has 2 aromatic carbocycles. The van der Waals surface area contributed by atoms with E-state index in [-0.39, 0.29) is 31.1 Å². The van der Waals surface area contributed by atoms with Gasteiger partial charge in [-0.15, -0.1) is 0 Å². The fourth-order valence-electron chi connectivity index (χ4n) is 4.10. The summed E-state index contributed by atoms with van der Waals surface area (Å²) < 4.78 is 0. The van der Waals surface area contributed by atoms with Crippen LogP contribution in [-0.4, -0.2) is 63.6 Å². The molecule has 0 bridgehead atoms. The monoisotopic (exact) mass is 523 g/mol. The summed E-state index contributed by atoms with van der Waals surface area (Å²) in [6.07, 6.45) is 1.74. The first-order valence-corrected chi connectivity index (χ1v) is 12.2. The number of hydrogen-bond acceptors (Lipinski definition) is 6. The number of carboxylic acids is 1. The van der Waals surface area contributed by atoms with Crippen LogP contribution in [0.1, 0.15) is 25.0 Å². The average molecular weight is 524 g/mol. The Morgan fingerprint density at radius 3 is 2.18 bits per heavy atom. The number of nitrogens with one attached hydrogen (secondary N) is 4. The van der Waals surface area contributed by atoms with Gasteiger partial charge in [-0.05, 0) is 35.2 Å². The largest absolute Gasteiger partial charge is 0.508 e. The maximum Gasteiger partial charge on any atom is 0.326 e. The summed E-state index contributed by atoms with van der Waals surface area (Å²) in [7, 11) is 0. The molecule has 3 aromatic rings. The van der Waals surface area contributed by atoms with Crippen LogP contribution in [-0.2, 0) is 32.0 Å². The molecule has 202 valence electrons. The number of carboxylic acid groups (broad SMARTS) is 1. The number of benzene rings is 2. The van der Waals surface area contributed by atoms with E-state index in [1.165, 1.54) is 12.1 Å². The Morgan fingerprint density at radius 1 is 0.895 bits per heavy atom. The predicted molar refractivity (Wildman–Crippen MR) is 141 cm³/mol. The van der Waals surface area contributed by atoms with Crippen molar-refractivity contribution in [3.05, 3.63) is 65.9 Å². The summed E-state index contributed by atoms with van der Waals surface area (Å²) in [6.45, 7) is 3.16. The SMILES string of the molecule is CC(C)C(NC(=O)CN)C(=O)NC(Cc1ccc(O)cc1)C(=O)NC(Cc1c[nH]c2ccccc12)C(=O)O. The van der Waals surface area contributed by atoms with E-state index in [4.69, 9.17) is 5.73 Å². The van der Waals surface area contributed by atoms with Gasteiger partial charge in [-0.2, -0.15) is 0 Å². The minimum absolute atomic E-state index is 0.0200. The van der Waals surface area contributed by atoms with Crippen molar-refractivity contribution in [1.82, 2.24) is 20.9 Å². The fraction of sp³-hybridized carbons (Fsp3) is 0.333. The third kappa shape index (κ3) is 7.32. The van der Waals surface area contributed by atoms with E-state index in [2.05, 4.69) is 20.9 Å². The Bertz CT molecular complexity index is 1290. The smallest absolute Gasteiger partial charge is 0.326 e. The number of carbonyl (C=O) groups excluding carboxylic acids is 3. The number of aliphatic carboxylic acids is 1. The molecule has 3 rings (SSSR count). The molecule has 0 aliphatic rings. The van der Waals surface area contributed by atoms with E-state index >= 15 is 0 Å². The Morgan fingerprint density at radius 2 is 1.55 bits per heavy atom. The Hall–Kier alpha value is -4.38. The summed E-state index contributed by atoms with van der Waals surface area (Å²) in [4.78, 5) is 53.5. The number of phenolic OH excluding ortho intramolecular Hbond substituents is 1. The number of hydrogen-bond donors (Lipinski definition) is 7. The lowest BCUT2D eigenvalue weighted by Gasteiger charge is -2.26. The molecular weight excluding hydrogens is 490 g/mol. The average Bonchev–Trinajstić information content (AvgIpc) is 3.29. The highest BCUT2D eigenvalue weighted by Crippen LogP contribution is 2.19. The Balaban J connectivity index is 1.82. The van der Waals surface area contributed by atoms with Gasteiger partial charge in [0.2, 0.25) is 17.7 Å². The third-order valence-electron chi connectivity index (χ3n) is 6.17. The molecule has 0 fully saturated rings. The van der Waals surface area contributed by atoms with Gasteiger partial charge in [-0.1, -0.05) is 44.2 Å². The number of phenols is 1. The van der Waals surface area contributed by atoms with Crippen molar-refractivity contribution in [3.63, 3.8) is 0 Å². The Kier molecular flexibility index (Phi) is 9.44. The van der Waals surface area contributed by atoms with Gasteiger partial charge < -0.3 is 36.9 Å². The molecule has 0 aliphatic carbocycles. The molecule has 3 amide bonds. The quantitative estimate of drug-likeness (QED) is 0.183. The van der Waals surface area contributed by atoms with Crippen LogP contribution >= 0.6 is 0 Å². The maximum atomic E-state index is 13.4. The van der Waals surface area contributed by atoms with Gasteiger partial charge in [-0.3, -0.25) is 14.4 Å². The molecule has 11 nitrogen and oxygen atoms in total. The number of carbonyl (C=O) groups is 4. The maximum absolute atomic E-state index is 13.4. The van der Waals surface area contributed by atoms with Crippen molar-refractivity contribution >= 4 is 34.6 Å². The minimum atomic E-state index is -1.27. The van der Waals surface area contributed by atoms with Gasteiger partial charge in [0.25, 0.3) is 0 Å². The van der Waals surface area contributed by atoms with Crippen LogP contribution in [0.25, 0.3) is 10.9 Å². The first kappa shape index (κ1) is 28.2. The lowest BCUT2D eigenvalue weighted by molar-refractivity contribution is -0.142. The van der Waals surface area contributed by atoms with Gasteiger partial charge in [0.1, 0.15) is 23.9 Å². The van der Waals surface area contributed by atoms with Crippen molar-refractivity contribution in [2.45, 2.75) is 44.8 Å². The van der Waals surface area contributed by atoms with Gasteiger partial charge in [0.05, 0.1) is 6.54 Å². The highest BCUT2D eigenvalue weighted by molar-refractivity contribution is 5.94. The molecule has 38 heavy (non-hydrogen) atoms. The molecule has 0 saturated carbocycles. The van der Waals surface area contributed by atoms with Crippen molar-refractivity contribution in [2.75, 3.05) is 6.54 Å². The number of aromatic amines is 1. The number of amides is 3. The first-order chi connectivity index (χ1) is 18.1. The fourth-order valence-corrected chi connectivity index (χ4v) is 4.10. The second-order valence-electron chi connectivity index (χ2n) is 9.39. The van der Waals surface area contributed by atoms with Crippen LogP contribution in [0.3, 0.4) is 0 Å². The molecule has 0 aliphatic heterocycles. The van der Waals surface area contributed by atoms with Crippen molar-refractivity contribution in [1.29, 1.82) is 0 Å². The van der Waals surface area contributed by atoms with Crippen LogP contribution in [0, 0.1) is 5.92 Å². The number of rotatable bonds is 12. The lowest BCUT2D eigenvalue weighted by atomic mass is 10.00. The van der Waals surface area contributed by atoms with E-state index in [0.29, 0.717) is 5.56 Å². The van der Waals surface area contributed by atoms with Crippen LogP contribution in [0.4, 0.5) is 0 Å². The second-order valence-corrected chi connectivity index (χ2v) is 9.39. The summed E-state index contributed by atoms with van der Waals surface area (Å²) in [5.74, 6) is -3.34. The molecule has 0 saturated heterocycles. The van der Waals surface area contributed by atoms with Gasteiger partial charge in [-0.25, -0.2) is 4.79 Å². The van der Waals surface area contributed by atoms with E-state index in [1.807, 2.05) is 24.3 Å². The molecule has 1 aromatic heterocycles. The molecule has 1 heterocycles. The van der Waals surface area contributed by atoms with Crippen molar-refractivity contribution < 1.29 is 29.4 Å². The molecule has 8 N–H and O–H groups in total. The van der Waals surface area contributed by atoms with Crippen LogP contribution in [0.2, 0.25) is 0 Å². The predicted octanol–water partition coefficient (Wildman–Crippen LogP) is 0.812. The van der Waals surface area contributed by atoms with E-state index in [0.717, 1.165) is 16.5 Å². The number of H-pyrrole nitrogens is 1. The lowest BCUT2D eigenvalue weighted by Crippen LogP contribution is -2.58. The summed E-state index contributed by atoms with van der Waals surface area (Å²) in [5.41, 5.74) is 7.56. The van der Waals surface area contributed by atoms with Crippen molar-refractivity contribution in [3.8, 4) is 5.75 Å². The van der Waals surface area contributed by atoms with E-state index in [9.17, 15) is 29.4 Å². The van der Waals surface area contributed by atoms with Crippen LogP contribution in [0.5, 0.6) is 5.75 Å². The second kappa shape index (κ2) is 12.7. The molecule has 0 radical (unpaired) electrons. The zero-order valence-electron chi connectivity index (χ0n) is 21.2. The third-order valence-corrected chi connectivity index (χ3v) is 6.17. The number of aromatic nitrogens is 1. The van der Waals surface area contributed by atoms with Crippen LogP contribution in [0.15, 0.2) is 54.7 Å².